The van der Waals surface area contributed by atoms with Crippen LogP contribution in [0, 0.1) is 5.82 Å². The molecule has 2 rings (SSSR count). The van der Waals surface area contributed by atoms with Gasteiger partial charge in [0.2, 0.25) is 0 Å². The van der Waals surface area contributed by atoms with Gasteiger partial charge in [0.25, 0.3) is 0 Å². The fourth-order valence-electron chi connectivity index (χ4n) is 2.03. The molecule has 0 unspecified atom stereocenters. The molecule has 0 fully saturated rings. The smallest absolute Gasteiger partial charge is 0.338 e. The maximum Gasteiger partial charge on any atom is 0.338 e. The molecule has 0 aliphatic rings. The Bertz CT molecular complexity index is 712. The Labute approximate surface area is 140 Å². The normalized spacial score (nSPS) is 10.1. The Morgan fingerprint density at radius 2 is 2.00 bits per heavy atom. The van der Waals surface area contributed by atoms with Gasteiger partial charge in [-0.2, -0.15) is 0 Å². The Balaban J connectivity index is 2.13. The zero-order chi connectivity index (χ0) is 17.4. The van der Waals surface area contributed by atoms with Crippen LogP contribution in [0.15, 0.2) is 55.1 Å². The van der Waals surface area contributed by atoms with E-state index in [9.17, 15) is 9.18 Å². The van der Waals surface area contributed by atoms with Gasteiger partial charge in [-0.25, -0.2) is 9.18 Å². The minimum absolute atomic E-state index is 0.140. The summed E-state index contributed by atoms with van der Waals surface area (Å²) < 4.78 is 29.4. The predicted molar refractivity (Wildman–Crippen MR) is 88.8 cm³/mol. The molecule has 0 heterocycles. The summed E-state index contributed by atoms with van der Waals surface area (Å²) in [5.41, 5.74) is 1.06. The number of ether oxygens (including phenoxy) is 3. The lowest BCUT2D eigenvalue weighted by atomic mass is 10.2. The Hall–Kier alpha value is -2.82. The van der Waals surface area contributed by atoms with Crippen molar-refractivity contribution < 1.29 is 23.4 Å². The number of esters is 1. The zero-order valence-corrected chi connectivity index (χ0v) is 13.5. The highest BCUT2D eigenvalue weighted by Crippen LogP contribution is 2.29. The third-order valence-electron chi connectivity index (χ3n) is 3.09. The summed E-state index contributed by atoms with van der Waals surface area (Å²) in [6.07, 6.45) is 1.50. The van der Waals surface area contributed by atoms with Gasteiger partial charge in [-0.1, -0.05) is 24.8 Å². The van der Waals surface area contributed by atoms with Crippen molar-refractivity contribution in [3.05, 3.63) is 72.1 Å². The highest BCUT2D eigenvalue weighted by Gasteiger charge is 2.12. The Morgan fingerprint density at radius 3 is 2.71 bits per heavy atom. The standard InChI is InChI=1S/C19H19FO4/c1-3-10-23-19(21)15-8-9-17(18(12-15)22-4-2)24-13-14-6-5-7-16(20)11-14/h3,5-9,11-12H,1,4,10,13H2,2H3. The van der Waals surface area contributed by atoms with Crippen LogP contribution in [0.2, 0.25) is 0 Å². The number of hydrogen-bond acceptors (Lipinski definition) is 4. The van der Waals surface area contributed by atoms with E-state index in [1.807, 2.05) is 6.92 Å². The van der Waals surface area contributed by atoms with Gasteiger partial charge in [0.1, 0.15) is 19.0 Å². The molecule has 0 aromatic heterocycles. The van der Waals surface area contributed by atoms with Gasteiger partial charge in [0, 0.05) is 0 Å². The van der Waals surface area contributed by atoms with Crippen molar-refractivity contribution >= 4 is 5.97 Å². The van der Waals surface area contributed by atoms with E-state index in [0.717, 1.165) is 0 Å². The maximum absolute atomic E-state index is 13.2. The number of benzene rings is 2. The van der Waals surface area contributed by atoms with E-state index in [-0.39, 0.29) is 19.0 Å². The van der Waals surface area contributed by atoms with E-state index in [1.54, 1.807) is 30.3 Å². The monoisotopic (exact) mass is 330 g/mol. The molecule has 0 aliphatic heterocycles. The summed E-state index contributed by atoms with van der Waals surface area (Å²) >= 11 is 0. The van der Waals surface area contributed by atoms with Crippen molar-refractivity contribution in [3.63, 3.8) is 0 Å². The predicted octanol–water partition coefficient (Wildman–Crippen LogP) is 4.15. The van der Waals surface area contributed by atoms with Crippen molar-refractivity contribution in [2.75, 3.05) is 13.2 Å². The first-order chi connectivity index (χ1) is 11.6. The highest BCUT2D eigenvalue weighted by molar-refractivity contribution is 5.90. The van der Waals surface area contributed by atoms with Crippen molar-refractivity contribution in [1.82, 2.24) is 0 Å². The summed E-state index contributed by atoms with van der Waals surface area (Å²) in [6, 6.07) is 11.0. The van der Waals surface area contributed by atoms with Crippen molar-refractivity contribution in [2.45, 2.75) is 13.5 Å². The third-order valence-corrected chi connectivity index (χ3v) is 3.09. The molecular weight excluding hydrogens is 311 g/mol. The molecule has 2 aromatic carbocycles. The minimum atomic E-state index is -0.465. The molecule has 0 bridgehead atoms. The average Bonchev–Trinajstić information content (AvgIpc) is 2.59. The fourth-order valence-corrected chi connectivity index (χ4v) is 2.03. The fraction of sp³-hybridized carbons (Fsp3) is 0.211. The van der Waals surface area contributed by atoms with Gasteiger partial charge >= 0.3 is 5.97 Å². The summed E-state index contributed by atoms with van der Waals surface area (Å²) in [5, 5.41) is 0. The van der Waals surface area contributed by atoms with E-state index in [2.05, 4.69) is 6.58 Å². The molecule has 24 heavy (non-hydrogen) atoms. The summed E-state index contributed by atoms with van der Waals surface area (Å²) in [5.74, 6) is 0.123. The van der Waals surface area contributed by atoms with Crippen LogP contribution in [0.25, 0.3) is 0 Å². The van der Waals surface area contributed by atoms with Crippen LogP contribution in [-0.4, -0.2) is 19.2 Å². The largest absolute Gasteiger partial charge is 0.490 e. The molecule has 0 amide bonds. The molecular formula is C19H19FO4. The highest BCUT2D eigenvalue weighted by atomic mass is 19.1. The number of hydrogen-bond donors (Lipinski definition) is 0. The maximum atomic E-state index is 13.2. The Morgan fingerprint density at radius 1 is 1.17 bits per heavy atom. The lowest BCUT2D eigenvalue weighted by molar-refractivity contribution is 0.0549. The molecule has 0 saturated heterocycles. The summed E-state index contributed by atoms with van der Waals surface area (Å²) in [7, 11) is 0. The van der Waals surface area contributed by atoms with Crippen molar-refractivity contribution in [3.8, 4) is 11.5 Å². The van der Waals surface area contributed by atoms with Crippen LogP contribution in [-0.2, 0) is 11.3 Å². The molecule has 0 saturated carbocycles. The topological polar surface area (TPSA) is 44.8 Å². The van der Waals surface area contributed by atoms with Gasteiger partial charge in [-0.15, -0.1) is 0 Å². The second-order valence-electron chi connectivity index (χ2n) is 4.90. The molecule has 0 spiro atoms. The molecule has 4 nitrogen and oxygen atoms in total. The van der Waals surface area contributed by atoms with Crippen LogP contribution in [0.3, 0.4) is 0 Å². The van der Waals surface area contributed by atoms with Crippen LogP contribution < -0.4 is 9.47 Å². The first-order valence-corrected chi connectivity index (χ1v) is 7.56. The molecule has 0 N–H and O–H groups in total. The SMILES string of the molecule is C=CCOC(=O)c1ccc(OCc2cccc(F)c2)c(OCC)c1. The molecule has 126 valence electrons. The lowest BCUT2D eigenvalue weighted by Gasteiger charge is -2.13. The van der Waals surface area contributed by atoms with Crippen LogP contribution in [0.4, 0.5) is 4.39 Å². The number of carbonyl (C=O) groups is 1. The molecule has 2 aromatic rings. The lowest BCUT2D eigenvalue weighted by Crippen LogP contribution is -2.06. The van der Waals surface area contributed by atoms with E-state index in [0.29, 0.717) is 29.2 Å². The van der Waals surface area contributed by atoms with E-state index in [1.165, 1.54) is 18.2 Å². The number of halogens is 1. The van der Waals surface area contributed by atoms with E-state index < -0.39 is 5.97 Å². The molecule has 5 heteroatoms. The summed E-state index contributed by atoms with van der Waals surface area (Å²) in [6.45, 7) is 6.08. The first-order valence-electron chi connectivity index (χ1n) is 7.56. The van der Waals surface area contributed by atoms with Crippen molar-refractivity contribution in [1.29, 1.82) is 0 Å². The molecule has 0 radical (unpaired) electrons. The molecule has 0 atom stereocenters. The third kappa shape index (κ3) is 4.84. The quantitative estimate of drug-likeness (QED) is 0.539. The van der Waals surface area contributed by atoms with Crippen LogP contribution in [0.5, 0.6) is 11.5 Å². The minimum Gasteiger partial charge on any atom is -0.490 e. The van der Waals surface area contributed by atoms with E-state index >= 15 is 0 Å². The van der Waals surface area contributed by atoms with Crippen molar-refractivity contribution in [2.24, 2.45) is 0 Å². The van der Waals surface area contributed by atoms with Gasteiger partial charge < -0.3 is 14.2 Å². The Kier molecular flexibility index (Phi) is 6.37. The number of rotatable bonds is 8. The zero-order valence-electron chi connectivity index (χ0n) is 13.5. The van der Waals surface area contributed by atoms with E-state index in [4.69, 9.17) is 14.2 Å². The summed E-state index contributed by atoms with van der Waals surface area (Å²) in [4.78, 5) is 11.9. The number of carbonyl (C=O) groups excluding carboxylic acids is 1. The second kappa shape index (κ2) is 8.72. The van der Waals surface area contributed by atoms with Gasteiger partial charge in [0.15, 0.2) is 11.5 Å². The first kappa shape index (κ1) is 17.5. The molecule has 0 aliphatic carbocycles. The van der Waals surface area contributed by atoms with Gasteiger partial charge in [-0.05, 0) is 42.8 Å². The van der Waals surface area contributed by atoms with Gasteiger partial charge in [0.05, 0.1) is 12.2 Å². The van der Waals surface area contributed by atoms with Crippen LogP contribution in [0.1, 0.15) is 22.8 Å². The average molecular weight is 330 g/mol. The van der Waals surface area contributed by atoms with Crippen LogP contribution >= 0.6 is 0 Å². The van der Waals surface area contributed by atoms with Gasteiger partial charge in [-0.3, -0.25) is 0 Å². The second-order valence-corrected chi connectivity index (χ2v) is 4.90.